The Kier molecular flexibility index (Phi) is 4.15. The van der Waals surface area contributed by atoms with Gasteiger partial charge in [0.25, 0.3) is 5.89 Å². The number of Topliss-reactive ketones (excluding diaryl/α,β-unsaturated/α-hetero) is 1. The average molecular weight is 305 g/mol. The Morgan fingerprint density at radius 2 is 1.91 bits per heavy atom. The molecule has 0 aliphatic heterocycles. The number of aldehydes is 1. The fourth-order valence-electron chi connectivity index (χ4n) is 2.52. The predicted octanol–water partition coefficient (Wildman–Crippen LogP) is 3.89. The molecule has 0 saturated carbocycles. The third kappa shape index (κ3) is 3.11. The third-order valence-electron chi connectivity index (χ3n) is 3.76. The number of rotatable bonds is 5. The number of benzene rings is 2. The van der Waals surface area contributed by atoms with Crippen molar-refractivity contribution in [3.05, 3.63) is 77.5 Å². The zero-order valence-corrected chi connectivity index (χ0v) is 12.7. The highest BCUT2D eigenvalue weighted by Gasteiger charge is 2.16. The van der Waals surface area contributed by atoms with Gasteiger partial charge in [-0.15, -0.1) is 0 Å². The summed E-state index contributed by atoms with van der Waals surface area (Å²) in [6, 6.07) is 15.9. The Bertz CT molecular complexity index is 850. The van der Waals surface area contributed by atoms with E-state index in [-0.39, 0.29) is 23.9 Å². The maximum absolute atomic E-state index is 12.3. The number of aromatic nitrogens is 1. The number of nitrogens with zero attached hydrogens (tertiary/aromatic N) is 1. The van der Waals surface area contributed by atoms with Crippen molar-refractivity contribution in [1.29, 1.82) is 0 Å². The molecule has 0 amide bonds. The van der Waals surface area contributed by atoms with Crippen molar-refractivity contribution in [2.45, 2.75) is 13.3 Å². The van der Waals surface area contributed by atoms with Gasteiger partial charge in [-0.1, -0.05) is 48.5 Å². The lowest BCUT2D eigenvalue weighted by atomic mass is 9.94. The number of oxazole rings is 1. The van der Waals surface area contributed by atoms with E-state index in [4.69, 9.17) is 4.42 Å². The first-order valence-corrected chi connectivity index (χ1v) is 7.27. The van der Waals surface area contributed by atoms with Gasteiger partial charge in [-0.05, 0) is 29.2 Å². The molecule has 2 aromatic carbocycles. The van der Waals surface area contributed by atoms with Gasteiger partial charge in [0.05, 0.1) is 6.20 Å². The van der Waals surface area contributed by atoms with Crippen LogP contribution in [-0.2, 0) is 6.42 Å². The fourth-order valence-corrected chi connectivity index (χ4v) is 2.52. The average Bonchev–Trinajstić information content (AvgIpc) is 3.07. The lowest BCUT2D eigenvalue weighted by molar-refractivity contribution is 0.0956. The summed E-state index contributed by atoms with van der Waals surface area (Å²) < 4.78 is 5.09. The monoisotopic (exact) mass is 305 g/mol. The first-order chi connectivity index (χ1) is 11.2. The van der Waals surface area contributed by atoms with Crippen molar-refractivity contribution >= 4 is 12.1 Å². The minimum absolute atomic E-state index is 0.0309. The van der Waals surface area contributed by atoms with E-state index in [0.29, 0.717) is 6.29 Å². The van der Waals surface area contributed by atoms with Crippen LogP contribution in [0.1, 0.15) is 32.4 Å². The van der Waals surface area contributed by atoms with Gasteiger partial charge in [0.2, 0.25) is 5.78 Å². The van der Waals surface area contributed by atoms with Crippen molar-refractivity contribution < 1.29 is 14.0 Å². The molecule has 0 bridgehead atoms. The molecule has 4 nitrogen and oxygen atoms in total. The van der Waals surface area contributed by atoms with E-state index in [0.717, 1.165) is 22.3 Å². The number of carbonyl (C=O) groups is 2. The normalized spacial score (nSPS) is 10.5. The summed E-state index contributed by atoms with van der Waals surface area (Å²) in [7, 11) is 0. The fraction of sp³-hybridized carbons (Fsp3) is 0.105. The molecule has 4 heteroatoms. The minimum atomic E-state index is -0.244. The molecule has 0 saturated heterocycles. The molecule has 1 heterocycles. The van der Waals surface area contributed by atoms with Crippen LogP contribution in [0.4, 0.5) is 0 Å². The van der Waals surface area contributed by atoms with Crippen molar-refractivity contribution in [2.24, 2.45) is 0 Å². The molecule has 0 aliphatic carbocycles. The van der Waals surface area contributed by atoms with Gasteiger partial charge in [0.1, 0.15) is 0 Å². The summed E-state index contributed by atoms with van der Waals surface area (Å²) in [4.78, 5) is 26.7. The molecule has 23 heavy (non-hydrogen) atoms. The SMILES string of the molecule is Cc1c(CC(=O)c2ncc(C=O)o2)cccc1-c1ccccc1. The lowest BCUT2D eigenvalue weighted by Crippen LogP contribution is -2.05. The van der Waals surface area contributed by atoms with Gasteiger partial charge in [0.15, 0.2) is 12.0 Å². The largest absolute Gasteiger partial charge is 0.431 e. The van der Waals surface area contributed by atoms with E-state index in [1.807, 2.05) is 55.5 Å². The van der Waals surface area contributed by atoms with Gasteiger partial charge in [-0.25, -0.2) is 4.98 Å². The van der Waals surface area contributed by atoms with Crippen LogP contribution >= 0.6 is 0 Å². The van der Waals surface area contributed by atoms with Crippen LogP contribution in [0, 0.1) is 6.92 Å². The molecule has 0 N–H and O–H groups in total. The van der Waals surface area contributed by atoms with Gasteiger partial charge in [-0.3, -0.25) is 9.59 Å². The highest BCUT2D eigenvalue weighted by atomic mass is 16.4. The molecule has 3 aromatic rings. The molecule has 0 atom stereocenters. The number of hydrogen-bond donors (Lipinski definition) is 0. The molecule has 1 aromatic heterocycles. The van der Waals surface area contributed by atoms with E-state index < -0.39 is 0 Å². The Morgan fingerprint density at radius 1 is 1.13 bits per heavy atom. The molecular formula is C19H15NO3. The summed E-state index contributed by atoms with van der Waals surface area (Å²) in [6.45, 7) is 2.00. The van der Waals surface area contributed by atoms with E-state index >= 15 is 0 Å². The molecule has 0 fully saturated rings. The lowest BCUT2D eigenvalue weighted by Gasteiger charge is -2.10. The first-order valence-electron chi connectivity index (χ1n) is 7.27. The predicted molar refractivity (Wildman–Crippen MR) is 86.5 cm³/mol. The topological polar surface area (TPSA) is 60.2 Å². The number of ketones is 1. The molecular weight excluding hydrogens is 290 g/mol. The minimum Gasteiger partial charge on any atom is -0.431 e. The van der Waals surface area contributed by atoms with Crippen molar-refractivity contribution in [3.8, 4) is 11.1 Å². The van der Waals surface area contributed by atoms with Crippen LogP contribution in [0.5, 0.6) is 0 Å². The Balaban J connectivity index is 1.89. The zero-order chi connectivity index (χ0) is 16.2. The quantitative estimate of drug-likeness (QED) is 0.530. The van der Waals surface area contributed by atoms with Crippen LogP contribution in [0.15, 0.2) is 59.1 Å². The first kappa shape index (κ1) is 14.9. The maximum Gasteiger partial charge on any atom is 0.264 e. The second-order valence-electron chi connectivity index (χ2n) is 5.24. The van der Waals surface area contributed by atoms with E-state index in [2.05, 4.69) is 4.98 Å². The van der Waals surface area contributed by atoms with E-state index in [1.54, 1.807) is 0 Å². The van der Waals surface area contributed by atoms with Crippen LogP contribution in [0.2, 0.25) is 0 Å². The van der Waals surface area contributed by atoms with Gasteiger partial charge in [-0.2, -0.15) is 0 Å². The van der Waals surface area contributed by atoms with Gasteiger partial charge >= 0.3 is 0 Å². The van der Waals surface area contributed by atoms with E-state index in [1.165, 1.54) is 6.20 Å². The van der Waals surface area contributed by atoms with E-state index in [9.17, 15) is 9.59 Å². The highest BCUT2D eigenvalue weighted by molar-refractivity contribution is 5.94. The standard InChI is InChI=1S/C19H15NO3/c1-13-15(10-18(22)19-20-11-16(12-21)23-19)8-5-9-17(13)14-6-3-2-4-7-14/h2-9,11-12H,10H2,1H3. The second-order valence-corrected chi connectivity index (χ2v) is 5.24. The van der Waals surface area contributed by atoms with Crippen molar-refractivity contribution in [1.82, 2.24) is 4.98 Å². The van der Waals surface area contributed by atoms with Crippen LogP contribution in [0.3, 0.4) is 0 Å². The summed E-state index contributed by atoms with van der Waals surface area (Å²) in [6.07, 6.45) is 1.98. The summed E-state index contributed by atoms with van der Waals surface area (Å²) >= 11 is 0. The number of carbonyl (C=O) groups excluding carboxylic acids is 2. The van der Waals surface area contributed by atoms with Crippen LogP contribution in [-0.4, -0.2) is 17.1 Å². The second kappa shape index (κ2) is 6.40. The van der Waals surface area contributed by atoms with Crippen LogP contribution < -0.4 is 0 Å². The molecule has 0 unspecified atom stereocenters. The van der Waals surface area contributed by atoms with Crippen molar-refractivity contribution in [3.63, 3.8) is 0 Å². The zero-order valence-electron chi connectivity index (χ0n) is 12.7. The Hall–Kier alpha value is -3.01. The smallest absolute Gasteiger partial charge is 0.264 e. The van der Waals surface area contributed by atoms with Gasteiger partial charge in [0, 0.05) is 6.42 Å². The summed E-state index contributed by atoms with van der Waals surface area (Å²) in [5.41, 5.74) is 4.17. The Morgan fingerprint density at radius 3 is 2.61 bits per heavy atom. The highest BCUT2D eigenvalue weighted by Crippen LogP contribution is 2.26. The maximum atomic E-state index is 12.3. The summed E-state index contributed by atoms with van der Waals surface area (Å²) in [5, 5.41) is 0. The molecule has 0 spiro atoms. The van der Waals surface area contributed by atoms with Gasteiger partial charge < -0.3 is 4.42 Å². The molecule has 3 rings (SSSR count). The van der Waals surface area contributed by atoms with Crippen molar-refractivity contribution in [2.75, 3.05) is 0 Å². The number of hydrogen-bond acceptors (Lipinski definition) is 4. The third-order valence-corrected chi connectivity index (χ3v) is 3.76. The molecule has 0 radical (unpaired) electrons. The Labute approximate surface area is 133 Å². The van der Waals surface area contributed by atoms with Crippen LogP contribution in [0.25, 0.3) is 11.1 Å². The molecule has 0 aliphatic rings. The summed E-state index contributed by atoms with van der Waals surface area (Å²) in [5.74, 6) is -0.217. The molecule has 114 valence electrons.